The molecule has 130 valence electrons. The molecule has 0 amide bonds. The molecule has 1 aliphatic carbocycles. The van der Waals surface area contributed by atoms with Crippen LogP contribution in [0.1, 0.15) is 55.4 Å². The first-order chi connectivity index (χ1) is 12.8. The fraction of sp³-hybridized carbons (Fsp3) is 0.231. The Hall–Kier alpha value is -2.60. The van der Waals surface area contributed by atoms with Crippen LogP contribution in [0.4, 0.5) is 0 Å². The minimum absolute atomic E-state index is 1.14. The second-order valence-electron chi connectivity index (χ2n) is 7.17. The Labute approximate surface area is 156 Å². The predicted molar refractivity (Wildman–Crippen MR) is 115 cm³/mol. The maximum absolute atomic E-state index is 2.39. The van der Waals surface area contributed by atoms with Crippen LogP contribution in [0.15, 0.2) is 66.7 Å². The first-order valence-electron chi connectivity index (χ1n) is 9.84. The lowest BCUT2D eigenvalue weighted by atomic mass is 9.95. The molecule has 0 saturated heterocycles. The van der Waals surface area contributed by atoms with Crippen molar-refractivity contribution in [2.24, 2.45) is 0 Å². The molecule has 4 rings (SSSR count). The van der Waals surface area contributed by atoms with E-state index in [4.69, 9.17) is 0 Å². The smallest absolute Gasteiger partial charge is 0.0108 e. The first-order valence-corrected chi connectivity index (χ1v) is 9.84. The summed E-state index contributed by atoms with van der Waals surface area (Å²) in [6, 6.07) is 22.3. The summed E-state index contributed by atoms with van der Waals surface area (Å²) in [5.74, 6) is 0. The van der Waals surface area contributed by atoms with Gasteiger partial charge < -0.3 is 0 Å². The van der Waals surface area contributed by atoms with Crippen molar-refractivity contribution in [3.63, 3.8) is 0 Å². The zero-order valence-corrected chi connectivity index (χ0v) is 15.8. The second-order valence-corrected chi connectivity index (χ2v) is 7.17. The number of aryl methyl sites for hydroxylation is 1. The summed E-state index contributed by atoms with van der Waals surface area (Å²) in [4.78, 5) is 0. The summed E-state index contributed by atoms with van der Waals surface area (Å²) in [5, 5.41) is 2.76. The van der Waals surface area contributed by atoms with Crippen molar-refractivity contribution in [2.45, 2.75) is 39.5 Å². The molecule has 0 heterocycles. The molecule has 0 heteroatoms. The second kappa shape index (κ2) is 7.33. The van der Waals surface area contributed by atoms with Crippen LogP contribution in [-0.2, 0) is 6.42 Å². The number of allylic oxidation sites excluding steroid dienone is 3. The van der Waals surface area contributed by atoms with E-state index in [9.17, 15) is 0 Å². The molecule has 0 saturated carbocycles. The Balaban J connectivity index is 1.86. The highest BCUT2D eigenvalue weighted by Crippen LogP contribution is 2.39. The van der Waals surface area contributed by atoms with Gasteiger partial charge in [-0.05, 0) is 63.1 Å². The van der Waals surface area contributed by atoms with Gasteiger partial charge in [0.2, 0.25) is 0 Å². The zero-order chi connectivity index (χ0) is 17.9. The Kier molecular flexibility index (Phi) is 4.75. The van der Waals surface area contributed by atoms with Gasteiger partial charge in [-0.15, -0.1) is 0 Å². The molecule has 0 aromatic heterocycles. The molecule has 0 N–H and O–H groups in total. The van der Waals surface area contributed by atoms with E-state index in [-0.39, 0.29) is 0 Å². The molecular weight excluding hydrogens is 312 g/mol. The largest absolute Gasteiger partial charge is 0.0651 e. The molecule has 0 atom stereocenters. The van der Waals surface area contributed by atoms with Crippen molar-refractivity contribution in [3.05, 3.63) is 89.0 Å². The average molecular weight is 338 g/mol. The molecule has 0 unspecified atom stereocenters. The van der Waals surface area contributed by atoms with Gasteiger partial charge >= 0.3 is 0 Å². The van der Waals surface area contributed by atoms with Gasteiger partial charge in [0.15, 0.2) is 0 Å². The van der Waals surface area contributed by atoms with Crippen LogP contribution in [0.25, 0.3) is 28.0 Å². The summed E-state index contributed by atoms with van der Waals surface area (Å²) in [6.07, 6.45) is 9.41. The van der Waals surface area contributed by atoms with Gasteiger partial charge in [0.1, 0.15) is 0 Å². The minimum Gasteiger partial charge on any atom is -0.0651 e. The van der Waals surface area contributed by atoms with Gasteiger partial charge in [0, 0.05) is 0 Å². The monoisotopic (exact) mass is 338 g/mol. The number of benzene rings is 3. The van der Waals surface area contributed by atoms with Crippen molar-refractivity contribution in [3.8, 4) is 0 Å². The SMILES string of the molecule is CCCC1=CC(=Cc2ccc(CCC)c3ccccc23)c2ccccc21. The molecule has 0 radical (unpaired) electrons. The standard InChI is InChI=1S/C26H26/c1-3-9-19-15-16-21(25-13-6-5-11-23(19)25)18-22-17-20(10-4-2)24-12-7-8-14-26(22)24/h5-8,11-18H,3-4,9-10H2,1-2H3. The van der Waals surface area contributed by atoms with Gasteiger partial charge in [-0.25, -0.2) is 0 Å². The van der Waals surface area contributed by atoms with Crippen LogP contribution in [-0.4, -0.2) is 0 Å². The van der Waals surface area contributed by atoms with E-state index in [1.54, 1.807) is 0 Å². The molecule has 3 aromatic rings. The van der Waals surface area contributed by atoms with E-state index in [1.807, 2.05) is 0 Å². The lowest BCUT2D eigenvalue weighted by Crippen LogP contribution is -1.89. The average Bonchev–Trinajstić information content (AvgIpc) is 3.02. The Bertz CT molecular complexity index is 1000. The van der Waals surface area contributed by atoms with E-state index in [0.29, 0.717) is 0 Å². The van der Waals surface area contributed by atoms with Crippen molar-refractivity contribution < 1.29 is 0 Å². The highest BCUT2D eigenvalue weighted by molar-refractivity contribution is 6.05. The summed E-state index contributed by atoms with van der Waals surface area (Å²) in [7, 11) is 0. The Morgan fingerprint density at radius 3 is 2.15 bits per heavy atom. The third-order valence-corrected chi connectivity index (χ3v) is 5.31. The molecular formula is C26H26. The van der Waals surface area contributed by atoms with E-state index < -0.39 is 0 Å². The summed E-state index contributed by atoms with van der Waals surface area (Å²) in [6.45, 7) is 4.51. The molecule has 1 aliphatic rings. The zero-order valence-electron chi connectivity index (χ0n) is 15.8. The van der Waals surface area contributed by atoms with Crippen LogP contribution in [0.3, 0.4) is 0 Å². The van der Waals surface area contributed by atoms with Crippen molar-refractivity contribution in [1.82, 2.24) is 0 Å². The molecule has 26 heavy (non-hydrogen) atoms. The van der Waals surface area contributed by atoms with Crippen molar-refractivity contribution in [1.29, 1.82) is 0 Å². The number of fused-ring (bicyclic) bond motifs is 2. The van der Waals surface area contributed by atoms with E-state index in [1.165, 1.54) is 57.0 Å². The molecule has 0 bridgehead atoms. The van der Waals surface area contributed by atoms with Crippen molar-refractivity contribution >= 4 is 28.0 Å². The lowest BCUT2D eigenvalue weighted by molar-refractivity contribution is 0.929. The highest BCUT2D eigenvalue weighted by Gasteiger charge is 2.17. The van der Waals surface area contributed by atoms with Gasteiger partial charge in [-0.1, -0.05) is 93.4 Å². The quantitative estimate of drug-likeness (QED) is 0.451. The van der Waals surface area contributed by atoms with Gasteiger partial charge in [-0.3, -0.25) is 0 Å². The third kappa shape index (κ3) is 3.01. The van der Waals surface area contributed by atoms with Crippen LogP contribution >= 0.6 is 0 Å². The minimum atomic E-state index is 1.14. The molecule has 0 nitrogen and oxygen atoms in total. The van der Waals surface area contributed by atoms with Gasteiger partial charge in [0.25, 0.3) is 0 Å². The molecule has 0 aliphatic heterocycles. The maximum atomic E-state index is 2.39. The first kappa shape index (κ1) is 16.8. The molecule has 0 spiro atoms. The topological polar surface area (TPSA) is 0 Å². The van der Waals surface area contributed by atoms with E-state index in [2.05, 4.69) is 86.7 Å². The fourth-order valence-electron chi connectivity index (χ4n) is 4.12. The van der Waals surface area contributed by atoms with Gasteiger partial charge in [0.05, 0.1) is 0 Å². The third-order valence-electron chi connectivity index (χ3n) is 5.31. The normalized spacial score (nSPS) is 14.7. The van der Waals surface area contributed by atoms with Crippen LogP contribution in [0, 0.1) is 0 Å². The van der Waals surface area contributed by atoms with E-state index in [0.717, 1.165) is 12.8 Å². The van der Waals surface area contributed by atoms with Crippen molar-refractivity contribution in [2.75, 3.05) is 0 Å². The number of hydrogen-bond donors (Lipinski definition) is 0. The number of rotatable bonds is 5. The Morgan fingerprint density at radius 1 is 0.692 bits per heavy atom. The van der Waals surface area contributed by atoms with E-state index >= 15 is 0 Å². The number of hydrogen-bond acceptors (Lipinski definition) is 0. The molecule has 0 fully saturated rings. The van der Waals surface area contributed by atoms with Crippen LogP contribution in [0.2, 0.25) is 0 Å². The molecule has 3 aromatic carbocycles. The van der Waals surface area contributed by atoms with Crippen LogP contribution in [0.5, 0.6) is 0 Å². The predicted octanol–water partition coefficient (Wildman–Crippen LogP) is 7.53. The Morgan fingerprint density at radius 2 is 1.38 bits per heavy atom. The lowest BCUT2D eigenvalue weighted by Gasteiger charge is -2.09. The summed E-state index contributed by atoms with van der Waals surface area (Å²) in [5.41, 5.74) is 8.38. The highest BCUT2D eigenvalue weighted by atomic mass is 14.2. The van der Waals surface area contributed by atoms with Crippen LogP contribution < -0.4 is 0 Å². The van der Waals surface area contributed by atoms with Gasteiger partial charge in [-0.2, -0.15) is 0 Å². The fourth-order valence-corrected chi connectivity index (χ4v) is 4.12. The summed E-state index contributed by atoms with van der Waals surface area (Å²) < 4.78 is 0. The maximum Gasteiger partial charge on any atom is -0.0108 e. The summed E-state index contributed by atoms with van der Waals surface area (Å²) >= 11 is 0.